The monoisotopic (exact) mass is 628 g/mol. The lowest BCUT2D eigenvalue weighted by molar-refractivity contribution is 0.674. The summed E-state index contributed by atoms with van der Waals surface area (Å²) in [4.78, 5) is 0. The van der Waals surface area contributed by atoms with Gasteiger partial charge >= 0.3 is 0 Å². The Morgan fingerprint density at radius 1 is 0.327 bits per heavy atom. The van der Waals surface area contributed by atoms with Crippen LogP contribution < -0.4 is 0 Å². The maximum atomic E-state index is 8.91. The zero-order valence-corrected chi connectivity index (χ0v) is 26.3. The van der Waals surface area contributed by atoms with Gasteiger partial charge in [0.05, 0.1) is 8.22 Å². The first-order chi connectivity index (χ1) is 26.8. The average molecular weight is 629 g/mol. The van der Waals surface area contributed by atoms with Crippen LogP contribution in [0.5, 0.6) is 0 Å². The van der Waals surface area contributed by atoms with Crippen LogP contribution in [0.3, 0.4) is 0 Å². The average Bonchev–Trinajstić information content (AvgIpc) is 3.63. The van der Waals surface area contributed by atoms with Crippen molar-refractivity contribution in [3.63, 3.8) is 0 Å². The third-order valence-corrected chi connectivity index (χ3v) is 9.64. The predicted molar refractivity (Wildman–Crippen MR) is 208 cm³/mol. The Balaban J connectivity index is 1.13. The Morgan fingerprint density at radius 2 is 0.837 bits per heavy atom. The molecule has 0 aliphatic heterocycles. The first-order valence-corrected chi connectivity index (χ1v) is 16.4. The number of hydrogen-bond acceptors (Lipinski definition) is 1. The second kappa shape index (κ2) is 11.1. The van der Waals surface area contributed by atoms with Gasteiger partial charge < -0.3 is 4.42 Å². The first kappa shape index (κ1) is 22.2. The van der Waals surface area contributed by atoms with Crippen LogP contribution in [0, 0.1) is 0 Å². The highest BCUT2D eigenvalue weighted by Crippen LogP contribution is 2.45. The van der Waals surface area contributed by atoms with Crippen molar-refractivity contribution in [3.8, 4) is 44.5 Å². The van der Waals surface area contributed by atoms with Gasteiger partial charge in [-0.2, -0.15) is 0 Å². The fourth-order valence-electron chi connectivity index (χ4n) is 7.38. The number of hydrogen-bond donors (Lipinski definition) is 0. The molecule has 0 radical (unpaired) electrons. The van der Waals surface area contributed by atoms with Gasteiger partial charge in [-0.05, 0) is 71.9 Å². The fraction of sp³-hybridized carbons (Fsp3) is 0. The van der Waals surface area contributed by atoms with Crippen LogP contribution in [-0.2, 0) is 0 Å². The van der Waals surface area contributed by atoms with E-state index in [9.17, 15) is 0 Å². The third kappa shape index (κ3) is 4.40. The molecule has 0 atom stereocenters. The zero-order valence-electron chi connectivity index (χ0n) is 32.3. The summed E-state index contributed by atoms with van der Waals surface area (Å²) >= 11 is 0. The summed E-state index contributed by atoms with van der Waals surface area (Å²) in [6.45, 7) is 0. The van der Waals surface area contributed by atoms with Gasteiger partial charge in [0.1, 0.15) is 11.2 Å². The molecule has 1 nitrogen and oxygen atoms in total. The standard InChI is InChI=1S/C48H30O/c1-2-11-31(12-3-1)32-21-25-35(26-22-32)45-39-15-6-8-17-41(39)46(42-18-9-7-16-40(42)45)36-27-23-34(24-28-36)38-19-10-20-43-44-30-29-33-13-4-5-14-37(33)48(44)49-47(38)43/h1-30H/i4D,5D,13D,14D,29D,30D. The quantitative estimate of drug-likeness (QED) is 0.177. The lowest BCUT2D eigenvalue weighted by atomic mass is 9.85. The molecule has 0 spiro atoms. The molecule has 0 saturated carbocycles. The van der Waals surface area contributed by atoms with Crippen LogP contribution >= 0.6 is 0 Å². The molecule has 10 aromatic rings. The maximum absolute atomic E-state index is 8.91. The van der Waals surface area contributed by atoms with Crippen molar-refractivity contribution in [3.05, 3.63) is 182 Å². The summed E-state index contributed by atoms with van der Waals surface area (Å²) < 4.78 is 57.8. The molecule has 0 aliphatic rings. The Labute approximate surface area is 292 Å². The molecule has 0 saturated heterocycles. The molecule has 0 fully saturated rings. The summed E-state index contributed by atoms with van der Waals surface area (Å²) in [7, 11) is 0. The van der Waals surface area contributed by atoms with Gasteiger partial charge in [-0.25, -0.2) is 0 Å². The summed E-state index contributed by atoms with van der Waals surface area (Å²) in [5.41, 5.74) is 9.29. The Bertz CT molecular complexity index is 3130. The van der Waals surface area contributed by atoms with Gasteiger partial charge in [-0.1, -0.05) is 176 Å². The minimum Gasteiger partial charge on any atom is -0.455 e. The van der Waals surface area contributed by atoms with E-state index in [1.54, 1.807) is 0 Å². The van der Waals surface area contributed by atoms with Gasteiger partial charge in [-0.3, -0.25) is 0 Å². The molecule has 49 heavy (non-hydrogen) atoms. The molecule has 0 N–H and O–H groups in total. The summed E-state index contributed by atoms with van der Waals surface area (Å²) in [6.07, 6.45) is 0. The van der Waals surface area contributed by atoms with E-state index in [1.165, 1.54) is 27.5 Å². The molecule has 1 aromatic heterocycles. The van der Waals surface area contributed by atoms with Crippen molar-refractivity contribution >= 4 is 54.3 Å². The van der Waals surface area contributed by atoms with Crippen molar-refractivity contribution in [1.82, 2.24) is 0 Å². The van der Waals surface area contributed by atoms with Crippen molar-refractivity contribution in [2.45, 2.75) is 0 Å². The molecular weight excluding hydrogens is 593 g/mol. The van der Waals surface area contributed by atoms with Crippen molar-refractivity contribution in [2.24, 2.45) is 0 Å². The summed E-state index contributed by atoms with van der Waals surface area (Å²) in [5, 5.41) is 5.74. The van der Waals surface area contributed by atoms with E-state index >= 15 is 0 Å². The van der Waals surface area contributed by atoms with E-state index in [-0.39, 0.29) is 40.5 Å². The molecule has 0 aliphatic carbocycles. The predicted octanol–water partition coefficient (Wildman–Crippen LogP) is 13.7. The van der Waals surface area contributed by atoms with E-state index < -0.39 is 12.1 Å². The highest BCUT2D eigenvalue weighted by atomic mass is 16.3. The highest BCUT2D eigenvalue weighted by molar-refractivity contribution is 6.22. The number of fused-ring (bicyclic) bond motifs is 7. The van der Waals surface area contributed by atoms with Crippen LogP contribution in [0.4, 0.5) is 0 Å². The van der Waals surface area contributed by atoms with Crippen LogP contribution in [0.2, 0.25) is 0 Å². The molecule has 9 aromatic carbocycles. The lowest BCUT2D eigenvalue weighted by Gasteiger charge is -2.18. The third-order valence-electron chi connectivity index (χ3n) is 9.64. The molecule has 1 heterocycles. The van der Waals surface area contributed by atoms with E-state index in [4.69, 9.17) is 12.6 Å². The number of benzene rings is 9. The smallest absolute Gasteiger partial charge is 0.143 e. The van der Waals surface area contributed by atoms with Gasteiger partial charge in [0, 0.05) is 21.7 Å². The van der Waals surface area contributed by atoms with Crippen LogP contribution in [0.1, 0.15) is 8.22 Å². The summed E-state index contributed by atoms with van der Waals surface area (Å²) in [5.74, 6) is 0. The van der Waals surface area contributed by atoms with Crippen LogP contribution in [0.15, 0.2) is 186 Å². The van der Waals surface area contributed by atoms with E-state index in [1.807, 2.05) is 24.3 Å². The second-order valence-electron chi connectivity index (χ2n) is 12.4. The Hall–Kier alpha value is -6.44. The SMILES string of the molecule is [2H]c1c([2H])c([2H])c2c(c1[2H])c([2H])c([2H])c1c3cccc(-c4ccc(-c5c6ccccc6c(-c6ccc(-c7ccccc7)cc6)c6ccccc56)cc4)c3oc21. The minimum atomic E-state index is -0.436. The van der Waals surface area contributed by atoms with Crippen molar-refractivity contribution in [1.29, 1.82) is 0 Å². The van der Waals surface area contributed by atoms with Crippen molar-refractivity contribution < 1.29 is 12.6 Å². The topological polar surface area (TPSA) is 13.1 Å². The number of rotatable bonds is 4. The largest absolute Gasteiger partial charge is 0.455 e. The van der Waals surface area contributed by atoms with Crippen LogP contribution in [0.25, 0.3) is 98.8 Å². The van der Waals surface area contributed by atoms with Gasteiger partial charge in [0.2, 0.25) is 0 Å². The van der Waals surface area contributed by atoms with Crippen molar-refractivity contribution in [2.75, 3.05) is 0 Å². The molecule has 0 unspecified atom stereocenters. The highest BCUT2D eigenvalue weighted by Gasteiger charge is 2.18. The normalized spacial score (nSPS) is 13.4. The minimum absolute atomic E-state index is 0.0110. The fourth-order valence-corrected chi connectivity index (χ4v) is 7.38. The Kier molecular flexibility index (Phi) is 5.02. The molecule has 1 heteroatoms. The van der Waals surface area contributed by atoms with Crippen LogP contribution in [-0.4, -0.2) is 0 Å². The molecular formula is C48H30O. The number of furan rings is 1. The van der Waals surface area contributed by atoms with E-state index in [2.05, 4.69) is 121 Å². The van der Waals surface area contributed by atoms with E-state index in [0.717, 1.165) is 38.6 Å². The second-order valence-corrected chi connectivity index (χ2v) is 12.4. The maximum Gasteiger partial charge on any atom is 0.143 e. The van der Waals surface area contributed by atoms with E-state index in [0.29, 0.717) is 16.4 Å². The molecule has 0 amide bonds. The first-order valence-electron chi connectivity index (χ1n) is 19.4. The molecule has 10 rings (SSSR count). The summed E-state index contributed by atoms with van der Waals surface area (Å²) in [6, 6.07) is 48.6. The van der Waals surface area contributed by atoms with Gasteiger partial charge in [0.15, 0.2) is 0 Å². The molecule has 228 valence electrons. The van der Waals surface area contributed by atoms with Gasteiger partial charge in [0.25, 0.3) is 0 Å². The van der Waals surface area contributed by atoms with Gasteiger partial charge in [-0.15, -0.1) is 0 Å². The zero-order chi connectivity index (χ0) is 37.5. The Morgan fingerprint density at radius 3 is 1.47 bits per heavy atom. The number of para-hydroxylation sites is 1. The molecule has 0 bridgehead atoms. The lowest BCUT2D eigenvalue weighted by Crippen LogP contribution is -1.91.